The van der Waals surface area contributed by atoms with Crippen LogP contribution in [0, 0.1) is 6.92 Å². The van der Waals surface area contributed by atoms with E-state index in [1.165, 1.54) is 25.1 Å². The van der Waals surface area contributed by atoms with Crippen molar-refractivity contribution in [3.05, 3.63) is 47.5 Å². The lowest BCUT2D eigenvalue weighted by Gasteiger charge is -2.12. The first-order chi connectivity index (χ1) is 11.9. The first-order valence-electron chi connectivity index (χ1n) is 7.82. The number of rotatable bonds is 4. The zero-order valence-corrected chi connectivity index (χ0v) is 14.8. The summed E-state index contributed by atoms with van der Waals surface area (Å²) in [4.78, 5) is 11.7. The topological polar surface area (TPSA) is 78.9 Å². The van der Waals surface area contributed by atoms with Crippen LogP contribution in [-0.2, 0) is 10.1 Å². The van der Waals surface area contributed by atoms with E-state index >= 15 is 0 Å². The number of ether oxygens (including phenoxy) is 2. The van der Waals surface area contributed by atoms with Crippen LogP contribution in [0.3, 0.4) is 0 Å². The van der Waals surface area contributed by atoms with E-state index in [9.17, 15) is 13.2 Å². The van der Waals surface area contributed by atoms with Crippen LogP contribution in [0.2, 0.25) is 0 Å². The molecule has 0 amide bonds. The lowest BCUT2D eigenvalue weighted by molar-refractivity contribution is 0.101. The molecule has 0 N–H and O–H groups in total. The lowest BCUT2D eigenvalue weighted by Crippen LogP contribution is -2.12. The largest absolute Gasteiger partial charge is 0.490 e. The van der Waals surface area contributed by atoms with Gasteiger partial charge in [0.05, 0.1) is 18.8 Å². The maximum Gasteiger partial charge on any atom is 0.339 e. The van der Waals surface area contributed by atoms with Crippen molar-refractivity contribution in [2.24, 2.45) is 0 Å². The van der Waals surface area contributed by atoms with Gasteiger partial charge in [0.15, 0.2) is 23.0 Å². The molecule has 1 aliphatic heterocycles. The van der Waals surface area contributed by atoms with Crippen molar-refractivity contribution in [1.82, 2.24) is 0 Å². The number of aryl methyl sites for hydroxylation is 1. The summed E-state index contributed by atoms with van der Waals surface area (Å²) in [5.74, 6) is 0.595. The van der Waals surface area contributed by atoms with Crippen molar-refractivity contribution in [3.8, 4) is 17.2 Å². The van der Waals surface area contributed by atoms with E-state index in [1.807, 2.05) is 0 Å². The molecule has 0 atom stereocenters. The summed E-state index contributed by atoms with van der Waals surface area (Å²) in [5, 5.41) is 0. The molecule has 0 aliphatic carbocycles. The van der Waals surface area contributed by atoms with E-state index in [1.54, 1.807) is 25.1 Å². The molecule has 7 heteroatoms. The Morgan fingerprint density at radius 1 is 1.04 bits per heavy atom. The summed E-state index contributed by atoms with van der Waals surface area (Å²) >= 11 is 0. The maximum absolute atomic E-state index is 12.6. The fraction of sp³-hybridized carbons (Fsp3) is 0.278. The molecule has 0 aromatic heterocycles. The summed E-state index contributed by atoms with van der Waals surface area (Å²) < 4.78 is 41.5. The number of fused-ring (bicyclic) bond motifs is 1. The molecular weight excluding hydrogens is 344 g/mol. The number of hydrogen-bond donors (Lipinski definition) is 0. The molecule has 0 fully saturated rings. The zero-order chi connectivity index (χ0) is 18.0. The Bertz CT molecular complexity index is 917. The molecule has 132 valence electrons. The van der Waals surface area contributed by atoms with Crippen molar-refractivity contribution in [3.63, 3.8) is 0 Å². The highest BCUT2D eigenvalue weighted by atomic mass is 32.2. The van der Waals surface area contributed by atoms with Gasteiger partial charge in [-0.05, 0) is 43.7 Å². The van der Waals surface area contributed by atoms with Gasteiger partial charge in [-0.15, -0.1) is 0 Å². The van der Waals surface area contributed by atoms with E-state index in [0.717, 1.165) is 12.0 Å². The highest BCUT2D eigenvalue weighted by Crippen LogP contribution is 2.33. The van der Waals surface area contributed by atoms with Gasteiger partial charge in [-0.25, -0.2) is 0 Å². The summed E-state index contributed by atoms with van der Waals surface area (Å²) in [5.41, 5.74) is 0.998. The minimum Gasteiger partial charge on any atom is -0.490 e. The van der Waals surface area contributed by atoms with Gasteiger partial charge in [0.2, 0.25) is 0 Å². The Labute approximate surface area is 146 Å². The van der Waals surface area contributed by atoms with Gasteiger partial charge in [0, 0.05) is 12.5 Å². The van der Waals surface area contributed by atoms with Gasteiger partial charge in [-0.3, -0.25) is 4.79 Å². The molecule has 0 spiro atoms. The third-order valence-electron chi connectivity index (χ3n) is 3.72. The Balaban J connectivity index is 1.97. The Morgan fingerprint density at radius 3 is 2.48 bits per heavy atom. The summed E-state index contributed by atoms with van der Waals surface area (Å²) in [6, 6.07) is 9.11. The zero-order valence-electron chi connectivity index (χ0n) is 13.9. The maximum atomic E-state index is 12.6. The number of ketones is 1. The average molecular weight is 362 g/mol. The molecule has 6 nitrogen and oxygen atoms in total. The second-order valence-corrected chi connectivity index (χ2v) is 7.30. The minimum atomic E-state index is -4.12. The molecule has 0 bridgehead atoms. The quantitative estimate of drug-likeness (QED) is 0.614. The van der Waals surface area contributed by atoms with Crippen LogP contribution < -0.4 is 13.7 Å². The number of hydrogen-bond acceptors (Lipinski definition) is 6. The molecule has 0 saturated heterocycles. The van der Waals surface area contributed by atoms with Crippen LogP contribution in [-0.4, -0.2) is 27.4 Å². The van der Waals surface area contributed by atoms with Crippen molar-refractivity contribution >= 4 is 15.9 Å². The molecule has 1 heterocycles. The number of carbonyl (C=O) groups excluding carboxylic acids is 1. The van der Waals surface area contributed by atoms with Gasteiger partial charge in [-0.1, -0.05) is 6.07 Å². The SMILES string of the molecule is CC(=O)c1ccc(C)cc1OS(=O)(=O)c1ccc2c(c1)OCCCO2. The summed E-state index contributed by atoms with van der Waals surface area (Å²) in [7, 11) is -4.12. The molecule has 3 rings (SSSR count). The average Bonchev–Trinajstić information content (AvgIpc) is 2.78. The first kappa shape index (κ1) is 17.3. The van der Waals surface area contributed by atoms with Crippen LogP contribution in [0.15, 0.2) is 41.3 Å². The highest BCUT2D eigenvalue weighted by Gasteiger charge is 2.23. The standard InChI is InChI=1S/C18H18O6S/c1-12-4-6-15(13(2)19)17(10-12)24-25(20,21)14-5-7-16-18(11-14)23-9-3-8-22-16/h4-7,10-11H,3,8-9H2,1-2H3. The van der Waals surface area contributed by atoms with Crippen LogP contribution >= 0.6 is 0 Å². The molecule has 2 aromatic carbocycles. The first-order valence-corrected chi connectivity index (χ1v) is 9.23. The monoisotopic (exact) mass is 362 g/mol. The van der Waals surface area contributed by atoms with Crippen LogP contribution in [0.25, 0.3) is 0 Å². The van der Waals surface area contributed by atoms with Gasteiger partial charge in [-0.2, -0.15) is 8.42 Å². The fourth-order valence-electron chi connectivity index (χ4n) is 2.45. The van der Waals surface area contributed by atoms with Crippen molar-refractivity contribution in [2.75, 3.05) is 13.2 Å². The van der Waals surface area contributed by atoms with Gasteiger partial charge in [0.25, 0.3) is 0 Å². The molecule has 0 unspecified atom stereocenters. The third kappa shape index (κ3) is 3.76. The number of benzene rings is 2. The fourth-order valence-corrected chi connectivity index (χ4v) is 3.41. The second-order valence-electron chi connectivity index (χ2n) is 5.75. The van der Waals surface area contributed by atoms with Gasteiger partial charge < -0.3 is 13.7 Å². The Morgan fingerprint density at radius 2 is 1.76 bits per heavy atom. The van der Waals surface area contributed by atoms with Crippen molar-refractivity contribution < 1.29 is 26.9 Å². The number of carbonyl (C=O) groups is 1. The van der Waals surface area contributed by atoms with Crippen LogP contribution in [0.1, 0.15) is 29.3 Å². The molecular formula is C18H18O6S. The van der Waals surface area contributed by atoms with Gasteiger partial charge in [0.1, 0.15) is 4.90 Å². The van der Waals surface area contributed by atoms with E-state index in [-0.39, 0.29) is 22.0 Å². The molecule has 0 radical (unpaired) electrons. The summed E-state index contributed by atoms with van der Waals surface area (Å²) in [6.07, 6.45) is 0.721. The highest BCUT2D eigenvalue weighted by molar-refractivity contribution is 7.87. The van der Waals surface area contributed by atoms with Gasteiger partial charge >= 0.3 is 10.1 Å². The minimum absolute atomic E-state index is 0.0135. The third-order valence-corrected chi connectivity index (χ3v) is 4.95. The Kier molecular flexibility index (Phi) is 4.67. The van der Waals surface area contributed by atoms with E-state index < -0.39 is 10.1 Å². The predicted molar refractivity (Wildman–Crippen MR) is 91.0 cm³/mol. The molecule has 0 saturated carbocycles. The molecule has 2 aromatic rings. The molecule has 1 aliphatic rings. The van der Waals surface area contributed by atoms with Crippen LogP contribution in [0.4, 0.5) is 0 Å². The van der Waals surface area contributed by atoms with E-state index in [4.69, 9.17) is 13.7 Å². The number of Topliss-reactive ketones (excluding diaryl/α,β-unsaturated/α-hetero) is 1. The Hall–Kier alpha value is -2.54. The molecule has 25 heavy (non-hydrogen) atoms. The predicted octanol–water partition coefficient (Wildman–Crippen LogP) is 3.13. The second kappa shape index (κ2) is 6.76. The van der Waals surface area contributed by atoms with Crippen LogP contribution in [0.5, 0.6) is 17.2 Å². The lowest BCUT2D eigenvalue weighted by atomic mass is 10.1. The summed E-state index contributed by atoms with van der Waals surface area (Å²) in [6.45, 7) is 4.11. The van der Waals surface area contributed by atoms with E-state index in [2.05, 4.69) is 0 Å². The van der Waals surface area contributed by atoms with E-state index in [0.29, 0.717) is 24.7 Å². The smallest absolute Gasteiger partial charge is 0.339 e. The normalized spacial score (nSPS) is 13.8. The van der Waals surface area contributed by atoms with Crippen molar-refractivity contribution in [2.45, 2.75) is 25.2 Å². The van der Waals surface area contributed by atoms with Crippen molar-refractivity contribution in [1.29, 1.82) is 0 Å².